The number of nitrogens with zero attached hydrogens (tertiary/aromatic N) is 1. The van der Waals surface area contributed by atoms with E-state index in [1.165, 1.54) is 51.6 Å². The van der Waals surface area contributed by atoms with Gasteiger partial charge in [0.2, 0.25) is 0 Å². The van der Waals surface area contributed by atoms with Gasteiger partial charge in [-0.15, -0.1) is 0 Å². The predicted molar refractivity (Wildman–Crippen MR) is 92.6 cm³/mol. The molecule has 0 amide bonds. The standard InChI is InChI=1S/C19H38N2/c1-15-8-7-11-19(12-15,13-20-18(3,4)5)14-21(6)16(2)17-9-10-17/h15-17,20H,7-14H2,1-6H3. The van der Waals surface area contributed by atoms with Crippen molar-refractivity contribution in [2.75, 3.05) is 20.1 Å². The summed E-state index contributed by atoms with van der Waals surface area (Å²) >= 11 is 0. The molecule has 124 valence electrons. The van der Waals surface area contributed by atoms with E-state index >= 15 is 0 Å². The minimum atomic E-state index is 0.231. The van der Waals surface area contributed by atoms with Crippen molar-refractivity contribution in [3.05, 3.63) is 0 Å². The maximum Gasteiger partial charge on any atom is 0.00967 e. The fraction of sp³-hybridized carbons (Fsp3) is 1.00. The first-order chi connectivity index (χ1) is 9.71. The van der Waals surface area contributed by atoms with Crippen LogP contribution < -0.4 is 5.32 Å². The summed E-state index contributed by atoms with van der Waals surface area (Å²) in [6.45, 7) is 14.2. The smallest absolute Gasteiger partial charge is 0.00967 e. The van der Waals surface area contributed by atoms with Crippen LogP contribution in [-0.4, -0.2) is 36.6 Å². The van der Waals surface area contributed by atoms with Crippen molar-refractivity contribution in [1.82, 2.24) is 10.2 Å². The summed E-state index contributed by atoms with van der Waals surface area (Å²) in [7, 11) is 2.36. The molecule has 1 N–H and O–H groups in total. The van der Waals surface area contributed by atoms with Crippen molar-refractivity contribution in [2.24, 2.45) is 17.3 Å². The molecule has 3 atom stereocenters. The minimum Gasteiger partial charge on any atom is -0.311 e. The third-order valence-corrected chi connectivity index (χ3v) is 5.76. The van der Waals surface area contributed by atoms with E-state index in [9.17, 15) is 0 Å². The molecular weight excluding hydrogens is 256 g/mol. The van der Waals surface area contributed by atoms with Crippen molar-refractivity contribution in [3.63, 3.8) is 0 Å². The van der Waals surface area contributed by atoms with Crippen LogP contribution in [0, 0.1) is 17.3 Å². The van der Waals surface area contributed by atoms with E-state index in [-0.39, 0.29) is 5.54 Å². The zero-order valence-corrected chi connectivity index (χ0v) is 15.3. The van der Waals surface area contributed by atoms with E-state index in [1.54, 1.807) is 0 Å². The molecule has 2 heteroatoms. The Kier molecular flexibility index (Phi) is 5.41. The first-order valence-corrected chi connectivity index (χ1v) is 9.16. The lowest BCUT2D eigenvalue weighted by molar-refractivity contribution is 0.0655. The van der Waals surface area contributed by atoms with E-state index < -0.39 is 0 Å². The van der Waals surface area contributed by atoms with Crippen LogP contribution in [-0.2, 0) is 0 Å². The first kappa shape index (κ1) is 17.3. The fourth-order valence-corrected chi connectivity index (χ4v) is 4.19. The third kappa shape index (κ3) is 5.25. The minimum absolute atomic E-state index is 0.231. The van der Waals surface area contributed by atoms with Gasteiger partial charge in [0.25, 0.3) is 0 Å². The molecule has 0 spiro atoms. The van der Waals surface area contributed by atoms with Crippen LogP contribution in [0.25, 0.3) is 0 Å². The van der Waals surface area contributed by atoms with E-state index in [0.717, 1.165) is 17.9 Å². The van der Waals surface area contributed by atoms with Gasteiger partial charge in [-0.3, -0.25) is 0 Å². The van der Waals surface area contributed by atoms with Crippen LogP contribution in [0.1, 0.15) is 73.1 Å². The van der Waals surface area contributed by atoms with Crippen molar-refractivity contribution in [2.45, 2.75) is 84.7 Å². The summed E-state index contributed by atoms with van der Waals surface area (Å²) in [5.74, 6) is 1.87. The van der Waals surface area contributed by atoms with Gasteiger partial charge in [-0.1, -0.05) is 19.8 Å². The van der Waals surface area contributed by atoms with E-state index in [0.29, 0.717) is 5.41 Å². The van der Waals surface area contributed by atoms with Gasteiger partial charge in [0, 0.05) is 24.7 Å². The molecule has 0 bridgehead atoms. The van der Waals surface area contributed by atoms with Gasteiger partial charge in [0.05, 0.1) is 0 Å². The monoisotopic (exact) mass is 294 g/mol. The Morgan fingerprint density at radius 2 is 1.90 bits per heavy atom. The lowest BCUT2D eigenvalue weighted by atomic mass is 9.69. The Morgan fingerprint density at radius 1 is 1.24 bits per heavy atom. The van der Waals surface area contributed by atoms with Crippen molar-refractivity contribution in [3.8, 4) is 0 Å². The molecule has 0 radical (unpaired) electrons. The first-order valence-electron chi connectivity index (χ1n) is 9.16. The highest BCUT2D eigenvalue weighted by atomic mass is 15.1. The number of hydrogen-bond donors (Lipinski definition) is 1. The molecule has 2 aliphatic carbocycles. The predicted octanol–water partition coefficient (Wildman–Crippen LogP) is 4.30. The molecule has 21 heavy (non-hydrogen) atoms. The zero-order chi connectivity index (χ0) is 15.7. The molecule has 2 saturated carbocycles. The summed E-state index contributed by atoms with van der Waals surface area (Å²) in [6, 6.07) is 0.772. The third-order valence-electron chi connectivity index (χ3n) is 5.76. The number of nitrogens with one attached hydrogen (secondary N) is 1. The second-order valence-corrected chi connectivity index (χ2v) is 9.30. The topological polar surface area (TPSA) is 15.3 Å². The van der Waals surface area contributed by atoms with E-state index in [4.69, 9.17) is 0 Å². The summed E-state index contributed by atoms with van der Waals surface area (Å²) < 4.78 is 0. The van der Waals surface area contributed by atoms with Crippen molar-refractivity contribution in [1.29, 1.82) is 0 Å². The van der Waals surface area contributed by atoms with Crippen LogP contribution in [0.5, 0.6) is 0 Å². The molecule has 2 nitrogen and oxygen atoms in total. The highest BCUT2D eigenvalue weighted by molar-refractivity contribution is 4.93. The molecular formula is C19H38N2. The quantitative estimate of drug-likeness (QED) is 0.785. The normalized spacial score (nSPS) is 32.4. The molecule has 0 aromatic carbocycles. The molecule has 3 unspecified atom stereocenters. The molecule has 0 aliphatic heterocycles. The van der Waals surface area contributed by atoms with Gasteiger partial charge >= 0.3 is 0 Å². The molecule has 0 saturated heterocycles. The summed E-state index contributed by atoms with van der Waals surface area (Å²) in [5, 5.41) is 3.82. The van der Waals surface area contributed by atoms with Crippen LogP contribution in [0.3, 0.4) is 0 Å². The lowest BCUT2D eigenvalue weighted by Crippen LogP contribution is -2.51. The number of hydrogen-bond acceptors (Lipinski definition) is 2. The average Bonchev–Trinajstić information content (AvgIpc) is 3.19. The van der Waals surface area contributed by atoms with Gasteiger partial charge in [-0.2, -0.15) is 0 Å². The van der Waals surface area contributed by atoms with Gasteiger partial charge in [0.1, 0.15) is 0 Å². The van der Waals surface area contributed by atoms with Gasteiger partial charge in [0.15, 0.2) is 0 Å². The maximum atomic E-state index is 3.82. The van der Waals surface area contributed by atoms with Gasteiger partial charge in [-0.05, 0) is 77.7 Å². The molecule has 2 rings (SSSR count). The van der Waals surface area contributed by atoms with Crippen molar-refractivity contribution < 1.29 is 0 Å². The number of rotatable bonds is 6. The Balaban J connectivity index is 2.00. The van der Waals surface area contributed by atoms with Crippen molar-refractivity contribution >= 4 is 0 Å². The Bertz CT molecular complexity index is 329. The highest BCUT2D eigenvalue weighted by Crippen LogP contribution is 2.42. The van der Waals surface area contributed by atoms with E-state index in [1.807, 2.05) is 0 Å². The zero-order valence-electron chi connectivity index (χ0n) is 15.3. The average molecular weight is 295 g/mol. The second-order valence-electron chi connectivity index (χ2n) is 9.30. The fourth-order valence-electron chi connectivity index (χ4n) is 4.19. The van der Waals surface area contributed by atoms with E-state index in [2.05, 4.69) is 51.9 Å². The largest absolute Gasteiger partial charge is 0.311 e. The SMILES string of the molecule is CC1CCCC(CNC(C)(C)C)(CN(C)C(C)C2CC2)C1. The van der Waals surface area contributed by atoms with Crippen LogP contribution >= 0.6 is 0 Å². The van der Waals surface area contributed by atoms with Gasteiger partial charge < -0.3 is 10.2 Å². The molecule has 2 fully saturated rings. The molecule has 0 aromatic heterocycles. The Morgan fingerprint density at radius 3 is 2.43 bits per heavy atom. The summed E-state index contributed by atoms with van der Waals surface area (Å²) in [4.78, 5) is 2.67. The van der Waals surface area contributed by atoms with Crippen LogP contribution in [0.2, 0.25) is 0 Å². The van der Waals surface area contributed by atoms with Crippen LogP contribution in [0.4, 0.5) is 0 Å². The molecule has 2 aliphatic rings. The second kappa shape index (κ2) is 6.58. The lowest BCUT2D eigenvalue weighted by Gasteiger charge is -2.45. The maximum absolute atomic E-state index is 3.82. The summed E-state index contributed by atoms with van der Waals surface area (Å²) in [6.07, 6.45) is 8.56. The Hall–Kier alpha value is -0.0800. The Labute approximate surface area is 133 Å². The highest BCUT2D eigenvalue weighted by Gasteiger charge is 2.39. The van der Waals surface area contributed by atoms with Crippen LogP contribution in [0.15, 0.2) is 0 Å². The molecule has 0 aromatic rings. The molecule has 0 heterocycles. The van der Waals surface area contributed by atoms with Gasteiger partial charge in [-0.25, -0.2) is 0 Å². The summed E-state index contributed by atoms with van der Waals surface area (Å²) in [5.41, 5.74) is 0.719.